The van der Waals surface area contributed by atoms with E-state index in [0.717, 1.165) is 31.2 Å². The van der Waals surface area contributed by atoms with Crippen molar-refractivity contribution in [1.82, 2.24) is 15.3 Å². The van der Waals surface area contributed by atoms with Crippen molar-refractivity contribution in [2.45, 2.75) is 37.8 Å². The molecule has 1 amide bonds. The smallest absolute Gasteiger partial charge is 0.278 e. The summed E-state index contributed by atoms with van der Waals surface area (Å²) in [6.07, 6.45) is 9.79. The molecule has 1 N–H and O–H groups in total. The van der Waals surface area contributed by atoms with E-state index < -0.39 is 0 Å². The molecule has 27 heavy (non-hydrogen) atoms. The highest BCUT2D eigenvalue weighted by molar-refractivity contribution is 6.32. The van der Waals surface area contributed by atoms with E-state index in [4.69, 9.17) is 21.1 Å². The Morgan fingerprint density at radius 3 is 2.56 bits per heavy atom. The van der Waals surface area contributed by atoms with Crippen molar-refractivity contribution in [1.29, 1.82) is 0 Å². The molecule has 0 bridgehead atoms. The summed E-state index contributed by atoms with van der Waals surface area (Å²) in [5.41, 5.74) is 0.823. The number of nitrogens with zero attached hydrogens (tertiary/aromatic N) is 2. The quantitative estimate of drug-likeness (QED) is 0.766. The number of amides is 1. The second-order valence-corrected chi connectivity index (χ2v) is 6.73. The van der Waals surface area contributed by atoms with E-state index in [1.54, 1.807) is 31.6 Å². The van der Waals surface area contributed by atoms with E-state index in [2.05, 4.69) is 15.3 Å². The van der Waals surface area contributed by atoms with E-state index in [1.165, 1.54) is 6.08 Å². The highest BCUT2D eigenvalue weighted by atomic mass is 35.5. The third-order valence-corrected chi connectivity index (χ3v) is 4.79. The van der Waals surface area contributed by atoms with E-state index in [9.17, 15) is 4.79 Å². The van der Waals surface area contributed by atoms with Crippen LogP contribution in [0.4, 0.5) is 0 Å². The molecule has 1 fully saturated rings. The van der Waals surface area contributed by atoms with Crippen molar-refractivity contribution in [3.63, 3.8) is 0 Å². The molecule has 2 aromatic rings. The third-order valence-electron chi connectivity index (χ3n) is 4.44. The van der Waals surface area contributed by atoms with Gasteiger partial charge in [0.1, 0.15) is 6.10 Å². The zero-order valence-electron chi connectivity index (χ0n) is 15.1. The first kappa shape index (κ1) is 19.2. The maximum Gasteiger partial charge on any atom is 0.278 e. The molecular formula is C20H22ClN3O3. The number of carbonyl (C=O) groups is 1. The van der Waals surface area contributed by atoms with E-state index in [-0.39, 0.29) is 18.1 Å². The molecule has 0 unspecified atom stereocenters. The molecule has 1 heterocycles. The van der Waals surface area contributed by atoms with Crippen LogP contribution in [0.25, 0.3) is 6.08 Å². The first-order valence-corrected chi connectivity index (χ1v) is 9.28. The van der Waals surface area contributed by atoms with Gasteiger partial charge in [-0.3, -0.25) is 4.79 Å². The van der Waals surface area contributed by atoms with Crippen LogP contribution in [0.15, 0.2) is 42.7 Å². The molecule has 1 aromatic heterocycles. The van der Waals surface area contributed by atoms with Crippen LogP contribution in [-0.2, 0) is 4.79 Å². The lowest BCUT2D eigenvalue weighted by atomic mass is 9.93. The van der Waals surface area contributed by atoms with Gasteiger partial charge in [0, 0.05) is 29.5 Å². The molecule has 0 spiro atoms. The van der Waals surface area contributed by atoms with Crippen LogP contribution in [0.1, 0.15) is 31.2 Å². The molecule has 0 saturated heterocycles. The summed E-state index contributed by atoms with van der Waals surface area (Å²) in [5.74, 6) is 0.683. The number of methoxy groups -OCH3 is 1. The average molecular weight is 388 g/mol. The minimum Gasteiger partial charge on any atom is -0.477 e. The Morgan fingerprint density at radius 1 is 1.15 bits per heavy atom. The van der Waals surface area contributed by atoms with Crippen molar-refractivity contribution < 1.29 is 14.3 Å². The molecule has 1 aliphatic rings. The SMILES string of the molecule is COc1nccnc1OC1CCC(NC(=O)/C=C/c2ccccc2Cl)CC1. The molecular weight excluding hydrogens is 366 g/mol. The molecule has 1 saturated carbocycles. The fourth-order valence-corrected chi connectivity index (χ4v) is 3.24. The molecule has 0 radical (unpaired) electrons. The Bertz CT molecular complexity index is 805. The minimum absolute atomic E-state index is 0.0439. The lowest BCUT2D eigenvalue weighted by Crippen LogP contribution is -2.39. The normalized spacial score (nSPS) is 19.6. The summed E-state index contributed by atoms with van der Waals surface area (Å²) in [4.78, 5) is 20.4. The minimum atomic E-state index is -0.116. The maximum absolute atomic E-state index is 12.1. The topological polar surface area (TPSA) is 73.3 Å². The average Bonchev–Trinajstić information content (AvgIpc) is 2.69. The summed E-state index contributed by atoms with van der Waals surface area (Å²) in [6.45, 7) is 0. The van der Waals surface area contributed by atoms with Crippen LogP contribution in [0, 0.1) is 0 Å². The van der Waals surface area contributed by atoms with Crippen molar-refractivity contribution in [3.8, 4) is 11.8 Å². The lowest BCUT2D eigenvalue weighted by molar-refractivity contribution is -0.117. The summed E-state index contributed by atoms with van der Waals surface area (Å²) in [7, 11) is 1.54. The van der Waals surface area contributed by atoms with E-state index in [0.29, 0.717) is 16.8 Å². The number of halogens is 1. The van der Waals surface area contributed by atoms with Gasteiger partial charge in [0.15, 0.2) is 0 Å². The summed E-state index contributed by atoms with van der Waals surface area (Å²) < 4.78 is 11.1. The van der Waals surface area contributed by atoms with Crippen LogP contribution in [0.5, 0.6) is 11.8 Å². The van der Waals surface area contributed by atoms with Gasteiger partial charge >= 0.3 is 0 Å². The van der Waals surface area contributed by atoms with Crippen molar-refractivity contribution in [2.75, 3.05) is 7.11 Å². The number of hydrogen-bond acceptors (Lipinski definition) is 5. The van der Waals surface area contributed by atoms with Gasteiger partial charge < -0.3 is 14.8 Å². The van der Waals surface area contributed by atoms with Crippen LogP contribution < -0.4 is 14.8 Å². The predicted molar refractivity (Wildman–Crippen MR) is 104 cm³/mol. The second kappa shape index (κ2) is 9.37. The number of aromatic nitrogens is 2. The highest BCUT2D eigenvalue weighted by Crippen LogP contribution is 2.27. The van der Waals surface area contributed by atoms with Gasteiger partial charge in [-0.05, 0) is 43.4 Å². The van der Waals surface area contributed by atoms with Gasteiger partial charge in [-0.15, -0.1) is 0 Å². The molecule has 0 aliphatic heterocycles. The number of rotatable bonds is 6. The first-order chi connectivity index (χ1) is 13.2. The molecule has 1 aromatic carbocycles. The molecule has 6 nitrogen and oxygen atoms in total. The van der Waals surface area contributed by atoms with Gasteiger partial charge in [0.05, 0.1) is 7.11 Å². The number of hydrogen-bond donors (Lipinski definition) is 1. The largest absolute Gasteiger partial charge is 0.477 e. The maximum atomic E-state index is 12.1. The van der Waals surface area contributed by atoms with Gasteiger partial charge in [0.2, 0.25) is 5.91 Å². The summed E-state index contributed by atoms with van der Waals surface area (Å²) >= 11 is 6.09. The van der Waals surface area contributed by atoms with Gasteiger partial charge in [-0.25, -0.2) is 9.97 Å². The van der Waals surface area contributed by atoms with Gasteiger partial charge in [-0.2, -0.15) is 0 Å². The third kappa shape index (κ3) is 5.44. The van der Waals surface area contributed by atoms with Crippen LogP contribution in [0.3, 0.4) is 0 Å². The summed E-state index contributed by atoms with van der Waals surface area (Å²) in [5, 5.41) is 3.66. The second-order valence-electron chi connectivity index (χ2n) is 6.33. The highest BCUT2D eigenvalue weighted by Gasteiger charge is 2.24. The Hall–Kier alpha value is -2.60. The summed E-state index contributed by atoms with van der Waals surface area (Å²) in [6, 6.07) is 7.55. The Labute approximate surface area is 163 Å². The van der Waals surface area contributed by atoms with Crippen LogP contribution in [-0.4, -0.2) is 35.1 Å². The van der Waals surface area contributed by atoms with Gasteiger partial charge in [-0.1, -0.05) is 29.8 Å². The first-order valence-electron chi connectivity index (χ1n) is 8.90. The van der Waals surface area contributed by atoms with E-state index >= 15 is 0 Å². The number of nitrogens with one attached hydrogen (secondary N) is 1. The molecule has 0 atom stereocenters. The van der Waals surface area contributed by atoms with Gasteiger partial charge in [0.25, 0.3) is 11.8 Å². The van der Waals surface area contributed by atoms with E-state index in [1.807, 2.05) is 18.2 Å². The van der Waals surface area contributed by atoms with Crippen LogP contribution in [0.2, 0.25) is 5.02 Å². The zero-order chi connectivity index (χ0) is 19.1. The Balaban J connectivity index is 1.46. The van der Waals surface area contributed by atoms with Crippen molar-refractivity contribution in [2.24, 2.45) is 0 Å². The fourth-order valence-electron chi connectivity index (χ4n) is 3.04. The predicted octanol–water partition coefficient (Wildman–Crippen LogP) is 3.66. The monoisotopic (exact) mass is 387 g/mol. The fraction of sp³-hybridized carbons (Fsp3) is 0.350. The van der Waals surface area contributed by atoms with Crippen molar-refractivity contribution in [3.05, 3.63) is 53.3 Å². The Morgan fingerprint density at radius 2 is 1.85 bits per heavy atom. The van der Waals surface area contributed by atoms with Crippen LogP contribution >= 0.6 is 11.6 Å². The standard InChI is InChI=1S/C20H22ClN3O3/c1-26-19-20(23-13-12-22-19)27-16-9-7-15(8-10-16)24-18(25)11-6-14-4-2-3-5-17(14)21/h2-6,11-13,15-16H,7-10H2,1H3,(H,24,25)/b11-6+. The Kier molecular flexibility index (Phi) is 6.65. The molecule has 3 rings (SSSR count). The number of carbonyl (C=O) groups excluding carboxylic acids is 1. The van der Waals surface area contributed by atoms with Crippen molar-refractivity contribution >= 4 is 23.6 Å². The molecule has 1 aliphatic carbocycles. The lowest BCUT2D eigenvalue weighted by Gasteiger charge is -2.29. The number of ether oxygens (including phenoxy) is 2. The zero-order valence-corrected chi connectivity index (χ0v) is 15.9. The molecule has 7 heteroatoms. The number of benzene rings is 1. The molecule has 142 valence electrons.